The maximum Gasteiger partial charge on any atom is 0.321 e. The number of likely N-dealkylation sites (tertiary alicyclic amines) is 1. The number of nitrogens with one attached hydrogen (secondary N) is 1. The van der Waals surface area contributed by atoms with Crippen LogP contribution in [0.5, 0.6) is 5.75 Å². The Balaban J connectivity index is 1.90. The highest BCUT2D eigenvalue weighted by molar-refractivity contribution is 5.89. The van der Waals surface area contributed by atoms with Crippen molar-refractivity contribution in [3.05, 3.63) is 24.3 Å². The Labute approximate surface area is 101 Å². The van der Waals surface area contributed by atoms with Gasteiger partial charge in [-0.05, 0) is 43.0 Å². The molecule has 1 aromatic carbocycles. The molecule has 1 fully saturated rings. The van der Waals surface area contributed by atoms with Crippen molar-refractivity contribution in [2.24, 2.45) is 5.92 Å². The molecule has 1 heterocycles. The SMILES string of the molecule is CC1CCN(C(=O)Nc2ccc(O)cc2)CC1. The molecule has 0 unspecified atom stereocenters. The molecule has 4 heteroatoms. The highest BCUT2D eigenvalue weighted by atomic mass is 16.3. The van der Waals surface area contributed by atoms with Gasteiger partial charge in [0, 0.05) is 18.8 Å². The van der Waals surface area contributed by atoms with E-state index in [0.29, 0.717) is 11.6 Å². The van der Waals surface area contributed by atoms with Crippen molar-refractivity contribution in [1.82, 2.24) is 4.90 Å². The Morgan fingerprint density at radius 3 is 2.47 bits per heavy atom. The summed E-state index contributed by atoms with van der Waals surface area (Å²) in [7, 11) is 0. The average molecular weight is 234 g/mol. The van der Waals surface area contributed by atoms with Gasteiger partial charge in [0.1, 0.15) is 5.75 Å². The molecule has 1 aromatic rings. The molecule has 0 saturated carbocycles. The number of nitrogens with zero attached hydrogens (tertiary/aromatic N) is 1. The first kappa shape index (κ1) is 11.8. The number of phenols is 1. The van der Waals surface area contributed by atoms with Gasteiger partial charge in [-0.2, -0.15) is 0 Å². The summed E-state index contributed by atoms with van der Waals surface area (Å²) in [5, 5.41) is 12.0. The Morgan fingerprint density at radius 2 is 1.88 bits per heavy atom. The fraction of sp³-hybridized carbons (Fsp3) is 0.462. The molecule has 0 radical (unpaired) electrons. The molecule has 0 aromatic heterocycles. The number of benzene rings is 1. The zero-order valence-electron chi connectivity index (χ0n) is 10.0. The molecule has 2 N–H and O–H groups in total. The van der Waals surface area contributed by atoms with Crippen molar-refractivity contribution < 1.29 is 9.90 Å². The van der Waals surface area contributed by atoms with Gasteiger partial charge >= 0.3 is 6.03 Å². The smallest absolute Gasteiger partial charge is 0.321 e. The highest BCUT2D eigenvalue weighted by Gasteiger charge is 2.19. The van der Waals surface area contributed by atoms with Gasteiger partial charge in [-0.25, -0.2) is 4.79 Å². The highest BCUT2D eigenvalue weighted by Crippen LogP contribution is 2.18. The molecule has 0 spiro atoms. The third kappa shape index (κ3) is 3.12. The number of aromatic hydroxyl groups is 1. The third-order valence-corrected chi connectivity index (χ3v) is 3.19. The second-order valence-electron chi connectivity index (χ2n) is 4.65. The Morgan fingerprint density at radius 1 is 1.29 bits per heavy atom. The summed E-state index contributed by atoms with van der Waals surface area (Å²) in [4.78, 5) is 13.8. The van der Waals surface area contributed by atoms with E-state index in [2.05, 4.69) is 12.2 Å². The van der Waals surface area contributed by atoms with Crippen molar-refractivity contribution in [3.63, 3.8) is 0 Å². The van der Waals surface area contributed by atoms with E-state index < -0.39 is 0 Å². The number of carbonyl (C=O) groups is 1. The van der Waals surface area contributed by atoms with Crippen LogP contribution in [0.15, 0.2) is 24.3 Å². The number of carbonyl (C=O) groups excluding carboxylic acids is 1. The summed E-state index contributed by atoms with van der Waals surface area (Å²) >= 11 is 0. The summed E-state index contributed by atoms with van der Waals surface area (Å²) in [5.74, 6) is 0.919. The summed E-state index contributed by atoms with van der Waals surface area (Å²) < 4.78 is 0. The molecule has 92 valence electrons. The Kier molecular flexibility index (Phi) is 3.52. The van der Waals surface area contributed by atoms with Crippen LogP contribution in [0.1, 0.15) is 19.8 Å². The second-order valence-corrected chi connectivity index (χ2v) is 4.65. The third-order valence-electron chi connectivity index (χ3n) is 3.19. The van der Waals surface area contributed by atoms with Crippen LogP contribution >= 0.6 is 0 Å². The first-order valence-corrected chi connectivity index (χ1v) is 6.00. The maximum atomic E-state index is 11.9. The monoisotopic (exact) mass is 234 g/mol. The molecule has 2 rings (SSSR count). The fourth-order valence-corrected chi connectivity index (χ4v) is 1.96. The standard InChI is InChI=1S/C13H18N2O2/c1-10-6-8-15(9-7-10)13(17)14-11-2-4-12(16)5-3-11/h2-5,10,16H,6-9H2,1H3,(H,14,17). The van der Waals surface area contributed by atoms with Gasteiger partial charge in [-0.3, -0.25) is 0 Å². The minimum Gasteiger partial charge on any atom is -0.508 e. The maximum absolute atomic E-state index is 11.9. The van der Waals surface area contributed by atoms with E-state index in [-0.39, 0.29) is 11.8 Å². The molecule has 0 atom stereocenters. The van der Waals surface area contributed by atoms with E-state index in [0.717, 1.165) is 25.9 Å². The number of amides is 2. The van der Waals surface area contributed by atoms with Gasteiger partial charge in [-0.1, -0.05) is 6.92 Å². The zero-order chi connectivity index (χ0) is 12.3. The van der Waals surface area contributed by atoms with Gasteiger partial charge in [0.25, 0.3) is 0 Å². The largest absolute Gasteiger partial charge is 0.508 e. The van der Waals surface area contributed by atoms with Crippen molar-refractivity contribution in [3.8, 4) is 5.75 Å². The second kappa shape index (κ2) is 5.08. The Hall–Kier alpha value is -1.71. The number of anilines is 1. The normalized spacial score (nSPS) is 16.9. The van der Waals surface area contributed by atoms with Crippen LogP contribution in [0.25, 0.3) is 0 Å². The van der Waals surface area contributed by atoms with Gasteiger partial charge in [-0.15, -0.1) is 0 Å². The molecule has 1 saturated heterocycles. The molecule has 4 nitrogen and oxygen atoms in total. The molecule has 17 heavy (non-hydrogen) atoms. The topological polar surface area (TPSA) is 52.6 Å². The lowest BCUT2D eigenvalue weighted by atomic mass is 10.00. The van der Waals surface area contributed by atoms with E-state index in [1.807, 2.05) is 4.90 Å². The first-order chi connectivity index (χ1) is 8.15. The van der Waals surface area contributed by atoms with E-state index in [1.165, 1.54) is 0 Å². The molecule has 1 aliphatic heterocycles. The molecule has 1 aliphatic rings. The van der Waals surface area contributed by atoms with Crippen LogP contribution in [0.3, 0.4) is 0 Å². The summed E-state index contributed by atoms with van der Waals surface area (Å²) in [6.45, 7) is 3.87. The zero-order valence-corrected chi connectivity index (χ0v) is 10.0. The van der Waals surface area contributed by atoms with Crippen LogP contribution in [0.4, 0.5) is 10.5 Å². The predicted molar refractivity (Wildman–Crippen MR) is 67.1 cm³/mol. The van der Waals surface area contributed by atoms with E-state index in [4.69, 9.17) is 5.11 Å². The van der Waals surface area contributed by atoms with Crippen LogP contribution in [-0.4, -0.2) is 29.1 Å². The van der Waals surface area contributed by atoms with Gasteiger partial charge in [0.15, 0.2) is 0 Å². The predicted octanol–water partition coefficient (Wildman–Crippen LogP) is 2.66. The fourth-order valence-electron chi connectivity index (χ4n) is 1.96. The van der Waals surface area contributed by atoms with E-state index >= 15 is 0 Å². The van der Waals surface area contributed by atoms with Crippen LogP contribution < -0.4 is 5.32 Å². The number of piperidine rings is 1. The van der Waals surface area contributed by atoms with Crippen molar-refractivity contribution in [1.29, 1.82) is 0 Å². The van der Waals surface area contributed by atoms with Crippen molar-refractivity contribution >= 4 is 11.7 Å². The van der Waals surface area contributed by atoms with Crippen molar-refractivity contribution in [2.45, 2.75) is 19.8 Å². The molecular weight excluding hydrogens is 216 g/mol. The number of hydrogen-bond donors (Lipinski definition) is 2. The van der Waals surface area contributed by atoms with Crippen molar-refractivity contribution in [2.75, 3.05) is 18.4 Å². The molecule has 0 aliphatic carbocycles. The molecule has 2 amide bonds. The number of hydrogen-bond acceptors (Lipinski definition) is 2. The first-order valence-electron chi connectivity index (χ1n) is 6.00. The van der Waals surface area contributed by atoms with Gasteiger partial charge in [0.05, 0.1) is 0 Å². The minimum atomic E-state index is -0.0532. The summed E-state index contributed by atoms with van der Waals surface area (Å²) in [6, 6.07) is 6.46. The lowest BCUT2D eigenvalue weighted by Gasteiger charge is -2.30. The van der Waals surface area contributed by atoms with Gasteiger partial charge in [0.2, 0.25) is 0 Å². The average Bonchev–Trinajstić information content (AvgIpc) is 2.33. The minimum absolute atomic E-state index is 0.0532. The van der Waals surface area contributed by atoms with Gasteiger partial charge < -0.3 is 15.3 Å². The summed E-state index contributed by atoms with van der Waals surface area (Å²) in [5.41, 5.74) is 0.714. The van der Waals surface area contributed by atoms with Crippen LogP contribution in [-0.2, 0) is 0 Å². The van der Waals surface area contributed by atoms with Crippen LogP contribution in [0, 0.1) is 5.92 Å². The lowest BCUT2D eigenvalue weighted by molar-refractivity contribution is 0.186. The molecule has 0 bridgehead atoms. The van der Waals surface area contributed by atoms with E-state index in [9.17, 15) is 4.79 Å². The lowest BCUT2D eigenvalue weighted by Crippen LogP contribution is -2.40. The Bertz CT molecular complexity index is 381. The number of phenolic OH excluding ortho intramolecular Hbond substituents is 1. The van der Waals surface area contributed by atoms with E-state index in [1.54, 1.807) is 24.3 Å². The molecular formula is C13H18N2O2. The summed E-state index contributed by atoms with van der Waals surface area (Å²) in [6.07, 6.45) is 2.14. The number of urea groups is 1. The van der Waals surface area contributed by atoms with Crippen LogP contribution in [0.2, 0.25) is 0 Å². The quantitative estimate of drug-likeness (QED) is 0.734. The number of rotatable bonds is 1.